The zero-order chi connectivity index (χ0) is 8.39. The molecular weight excluding hydrogens is 174 g/mol. The predicted octanol–water partition coefficient (Wildman–Crippen LogP) is 1.76. The number of aryl methyl sites for hydroxylation is 1. The zero-order valence-electron chi connectivity index (χ0n) is 6.52. The van der Waals surface area contributed by atoms with Crippen molar-refractivity contribution in [2.45, 2.75) is 13.3 Å². The van der Waals surface area contributed by atoms with Crippen molar-refractivity contribution in [2.24, 2.45) is 0 Å². The van der Waals surface area contributed by atoms with Gasteiger partial charge in [-0.1, -0.05) is 12.1 Å². The Morgan fingerprint density at radius 3 is 3.08 bits per heavy atom. The summed E-state index contributed by atoms with van der Waals surface area (Å²) < 4.78 is 4.98. The first-order valence-corrected chi connectivity index (χ1v) is 4.55. The summed E-state index contributed by atoms with van der Waals surface area (Å²) in [5, 5.41) is 5.65. The molecule has 2 rings (SSSR count). The maximum Gasteiger partial charge on any atom is 0.277 e. The van der Waals surface area contributed by atoms with Crippen LogP contribution in [0.5, 0.6) is 0 Å². The number of nitrogens with zero attached hydrogens (tertiary/aromatic N) is 3. The second kappa shape index (κ2) is 3.02. The number of hydrogen-bond donors (Lipinski definition) is 0. The van der Waals surface area contributed by atoms with Crippen molar-refractivity contribution in [3.8, 4) is 11.6 Å². The first kappa shape index (κ1) is 7.42. The summed E-state index contributed by atoms with van der Waals surface area (Å²) in [4.78, 5) is 8.19. The maximum absolute atomic E-state index is 4.98. The smallest absolute Gasteiger partial charge is 0.277 e. The fourth-order valence-electron chi connectivity index (χ4n) is 0.820. The first-order valence-electron chi connectivity index (χ1n) is 3.61. The Hall–Kier alpha value is -1.23. The second-order valence-electron chi connectivity index (χ2n) is 2.24. The van der Waals surface area contributed by atoms with Gasteiger partial charge in [-0.15, -0.1) is 11.3 Å². The molecule has 0 unspecified atom stereocenters. The Bertz CT molecular complexity index is 354. The van der Waals surface area contributed by atoms with Gasteiger partial charge in [0.15, 0.2) is 5.82 Å². The molecule has 2 heterocycles. The van der Waals surface area contributed by atoms with E-state index in [9.17, 15) is 0 Å². The van der Waals surface area contributed by atoms with E-state index in [0.29, 0.717) is 5.89 Å². The van der Waals surface area contributed by atoms with Crippen LogP contribution in [-0.2, 0) is 6.42 Å². The van der Waals surface area contributed by atoms with Crippen molar-refractivity contribution in [3.63, 3.8) is 0 Å². The van der Waals surface area contributed by atoms with E-state index in [-0.39, 0.29) is 0 Å². The Balaban J connectivity index is 2.35. The molecule has 0 N–H and O–H groups in total. The van der Waals surface area contributed by atoms with E-state index in [1.807, 2.05) is 12.3 Å². The van der Waals surface area contributed by atoms with Crippen LogP contribution in [0.4, 0.5) is 0 Å². The van der Waals surface area contributed by atoms with Gasteiger partial charge in [0.25, 0.3) is 5.89 Å². The van der Waals surface area contributed by atoms with E-state index < -0.39 is 0 Å². The van der Waals surface area contributed by atoms with Gasteiger partial charge >= 0.3 is 0 Å². The largest absolute Gasteiger partial charge is 0.332 e. The third-order valence-corrected chi connectivity index (χ3v) is 2.02. The minimum Gasteiger partial charge on any atom is -0.332 e. The van der Waals surface area contributed by atoms with Gasteiger partial charge in [-0.3, -0.25) is 0 Å². The molecule has 0 atom stereocenters. The molecule has 0 saturated carbocycles. The van der Waals surface area contributed by atoms with Crippen LogP contribution in [0.25, 0.3) is 11.6 Å². The molecule has 5 heteroatoms. The minimum absolute atomic E-state index is 0.508. The quantitative estimate of drug-likeness (QED) is 0.708. The summed E-state index contributed by atoms with van der Waals surface area (Å²) >= 11 is 1.51. The van der Waals surface area contributed by atoms with Crippen LogP contribution >= 0.6 is 11.3 Å². The molecule has 0 aromatic carbocycles. The van der Waals surface area contributed by atoms with Crippen LogP contribution in [-0.4, -0.2) is 15.1 Å². The fourth-order valence-corrected chi connectivity index (χ4v) is 1.35. The van der Waals surface area contributed by atoms with E-state index >= 15 is 0 Å². The lowest BCUT2D eigenvalue weighted by Crippen LogP contribution is -1.81. The number of hydrogen-bond acceptors (Lipinski definition) is 5. The standard InChI is InChI=1S/C7H7N3OS/c1-2-6-9-7(11-10-6)5-3-12-4-8-5/h3-4H,2H2,1H3. The van der Waals surface area contributed by atoms with Gasteiger partial charge in [0.1, 0.15) is 5.69 Å². The van der Waals surface area contributed by atoms with Crippen molar-refractivity contribution in [1.29, 1.82) is 0 Å². The highest BCUT2D eigenvalue weighted by atomic mass is 32.1. The van der Waals surface area contributed by atoms with Crippen LogP contribution in [0.3, 0.4) is 0 Å². The van der Waals surface area contributed by atoms with Crippen LogP contribution < -0.4 is 0 Å². The van der Waals surface area contributed by atoms with Gasteiger partial charge in [0, 0.05) is 11.8 Å². The average Bonchev–Trinajstić information content (AvgIpc) is 2.75. The molecule has 62 valence electrons. The topological polar surface area (TPSA) is 51.8 Å². The summed E-state index contributed by atoms with van der Waals surface area (Å²) in [5.74, 6) is 1.23. The van der Waals surface area contributed by atoms with Crippen LogP contribution in [0.15, 0.2) is 15.4 Å². The SMILES string of the molecule is CCc1noc(-c2cscn2)n1. The summed E-state index contributed by atoms with van der Waals surface area (Å²) in [6.45, 7) is 1.98. The Kier molecular flexibility index (Phi) is 1.87. The molecule has 0 fully saturated rings. The van der Waals surface area contributed by atoms with Gasteiger partial charge in [-0.25, -0.2) is 4.98 Å². The molecule has 0 aliphatic carbocycles. The molecule has 0 saturated heterocycles. The molecule has 0 amide bonds. The van der Waals surface area contributed by atoms with Crippen LogP contribution in [0.2, 0.25) is 0 Å². The second-order valence-corrected chi connectivity index (χ2v) is 2.96. The van der Waals surface area contributed by atoms with Crippen LogP contribution in [0, 0.1) is 0 Å². The van der Waals surface area contributed by atoms with E-state index in [0.717, 1.165) is 17.9 Å². The Labute approximate surface area is 73.3 Å². The summed E-state index contributed by atoms with van der Waals surface area (Å²) in [6.07, 6.45) is 0.785. The van der Waals surface area contributed by atoms with Gasteiger partial charge in [-0.05, 0) is 0 Å². The molecule has 0 bridgehead atoms. The van der Waals surface area contributed by atoms with E-state index in [1.165, 1.54) is 11.3 Å². The lowest BCUT2D eigenvalue weighted by molar-refractivity contribution is 0.422. The summed E-state index contributed by atoms with van der Waals surface area (Å²) in [7, 11) is 0. The lowest BCUT2D eigenvalue weighted by atomic mass is 10.4. The lowest BCUT2D eigenvalue weighted by Gasteiger charge is -1.80. The molecule has 0 radical (unpaired) electrons. The molecule has 2 aromatic rings. The summed E-state index contributed by atoms with van der Waals surface area (Å²) in [6, 6.07) is 0. The molecule has 2 aromatic heterocycles. The average molecular weight is 181 g/mol. The van der Waals surface area contributed by atoms with Crippen molar-refractivity contribution < 1.29 is 4.52 Å². The minimum atomic E-state index is 0.508. The third-order valence-electron chi connectivity index (χ3n) is 1.44. The Morgan fingerprint density at radius 2 is 2.50 bits per heavy atom. The number of rotatable bonds is 2. The molecule has 12 heavy (non-hydrogen) atoms. The van der Waals surface area contributed by atoms with Gasteiger partial charge in [0.05, 0.1) is 5.51 Å². The van der Waals surface area contributed by atoms with Gasteiger partial charge in [0.2, 0.25) is 0 Å². The number of aromatic nitrogens is 3. The zero-order valence-corrected chi connectivity index (χ0v) is 7.34. The first-order chi connectivity index (χ1) is 5.90. The monoisotopic (exact) mass is 181 g/mol. The molecule has 0 spiro atoms. The molecule has 0 aliphatic heterocycles. The van der Waals surface area contributed by atoms with Crippen LogP contribution in [0.1, 0.15) is 12.7 Å². The van der Waals surface area contributed by atoms with Crippen molar-refractivity contribution >= 4 is 11.3 Å². The predicted molar refractivity (Wildman–Crippen MR) is 44.8 cm³/mol. The highest BCUT2D eigenvalue weighted by Crippen LogP contribution is 2.16. The van der Waals surface area contributed by atoms with Crippen molar-refractivity contribution in [2.75, 3.05) is 0 Å². The van der Waals surface area contributed by atoms with E-state index in [2.05, 4.69) is 15.1 Å². The van der Waals surface area contributed by atoms with Gasteiger partial charge in [-0.2, -0.15) is 4.98 Å². The van der Waals surface area contributed by atoms with Gasteiger partial charge < -0.3 is 4.52 Å². The van der Waals surface area contributed by atoms with Crippen molar-refractivity contribution in [3.05, 3.63) is 16.7 Å². The highest BCUT2D eigenvalue weighted by molar-refractivity contribution is 7.07. The van der Waals surface area contributed by atoms with Crippen molar-refractivity contribution in [1.82, 2.24) is 15.1 Å². The molecular formula is C7H7N3OS. The Morgan fingerprint density at radius 1 is 1.58 bits per heavy atom. The normalized spacial score (nSPS) is 10.4. The van der Waals surface area contributed by atoms with E-state index in [1.54, 1.807) is 5.51 Å². The fraction of sp³-hybridized carbons (Fsp3) is 0.286. The molecule has 0 aliphatic rings. The number of thiazole rings is 1. The highest BCUT2D eigenvalue weighted by Gasteiger charge is 2.08. The third kappa shape index (κ3) is 1.23. The van der Waals surface area contributed by atoms with E-state index in [4.69, 9.17) is 4.52 Å². The summed E-state index contributed by atoms with van der Waals surface area (Å²) in [5.41, 5.74) is 2.50. The molecule has 4 nitrogen and oxygen atoms in total. The maximum atomic E-state index is 4.98.